The van der Waals surface area contributed by atoms with Crippen molar-refractivity contribution in [3.05, 3.63) is 96.6 Å². The Kier molecular flexibility index (Phi) is 6.39. The Morgan fingerprint density at radius 2 is 1.97 bits per heavy atom. The molecule has 1 aliphatic heterocycles. The predicted octanol–water partition coefficient (Wildman–Crippen LogP) is 5.35. The fourth-order valence-electron chi connectivity index (χ4n) is 4.43. The zero-order valence-electron chi connectivity index (χ0n) is 20.2. The lowest BCUT2D eigenvalue weighted by Crippen LogP contribution is -2.05. The van der Waals surface area contributed by atoms with Gasteiger partial charge < -0.3 is 25.3 Å². The molecule has 184 valence electrons. The molecule has 0 amide bonds. The highest BCUT2D eigenvalue weighted by Crippen LogP contribution is 2.30. The quantitative estimate of drug-likeness (QED) is 0.142. The van der Waals surface area contributed by atoms with E-state index in [9.17, 15) is 0 Å². The third-order valence-electron chi connectivity index (χ3n) is 6.44. The number of fused-ring (bicyclic) bond motifs is 1. The van der Waals surface area contributed by atoms with Gasteiger partial charge in [-0.3, -0.25) is 0 Å². The molecule has 5 aromatic rings. The Labute approximate surface area is 217 Å². The van der Waals surface area contributed by atoms with Crippen LogP contribution < -0.4 is 15.9 Å². The highest BCUT2D eigenvalue weighted by atomic mass is 31.0. The Hall–Kier alpha value is -4.06. The summed E-state index contributed by atoms with van der Waals surface area (Å²) in [6.45, 7) is 2.41. The molecule has 8 heteroatoms. The highest BCUT2D eigenvalue weighted by molar-refractivity contribution is 7.27. The van der Waals surface area contributed by atoms with Crippen molar-refractivity contribution in [3.8, 4) is 11.1 Å². The van der Waals surface area contributed by atoms with Crippen LogP contribution >= 0.6 is 9.24 Å². The first kappa shape index (κ1) is 23.3. The number of nitrogens with zero attached hydrogens (tertiary/aromatic N) is 3. The number of aromatic nitrogens is 3. The van der Waals surface area contributed by atoms with Crippen LogP contribution in [0.25, 0.3) is 22.0 Å². The number of hydrogen-bond acceptors (Lipinski definition) is 6. The van der Waals surface area contributed by atoms with Crippen molar-refractivity contribution < 1.29 is 4.74 Å². The van der Waals surface area contributed by atoms with E-state index in [1.165, 1.54) is 11.8 Å². The zero-order chi connectivity index (χ0) is 25.2. The van der Waals surface area contributed by atoms with Crippen LogP contribution in [0.4, 0.5) is 17.2 Å². The van der Waals surface area contributed by atoms with Gasteiger partial charge in [-0.1, -0.05) is 30.3 Å². The lowest BCUT2D eigenvalue weighted by molar-refractivity contribution is 0.383. The summed E-state index contributed by atoms with van der Waals surface area (Å²) in [5.41, 5.74) is 6.87. The molecule has 0 aliphatic carbocycles. The summed E-state index contributed by atoms with van der Waals surface area (Å²) in [5.74, 6) is 0.728. The van der Waals surface area contributed by atoms with Crippen molar-refractivity contribution in [2.75, 3.05) is 17.2 Å². The van der Waals surface area contributed by atoms with Gasteiger partial charge in [-0.25, -0.2) is 9.97 Å². The van der Waals surface area contributed by atoms with Gasteiger partial charge in [0.1, 0.15) is 12.1 Å². The molecule has 1 fully saturated rings. The van der Waals surface area contributed by atoms with Crippen molar-refractivity contribution in [2.45, 2.75) is 19.2 Å². The summed E-state index contributed by atoms with van der Waals surface area (Å²) >= 11 is 0. The topological polar surface area (TPSA) is 91.2 Å². The molecule has 0 saturated carbocycles. The lowest BCUT2D eigenvalue weighted by atomic mass is 10.1. The monoisotopic (exact) mass is 506 g/mol. The molecular formula is C29H27N6OP. The van der Waals surface area contributed by atoms with Crippen LogP contribution in [0, 0.1) is 5.41 Å². The number of nitrogens with one attached hydrogen (secondary N) is 3. The minimum Gasteiger partial charge on any atom is -0.380 e. The molecule has 7 nitrogen and oxygen atoms in total. The Morgan fingerprint density at radius 1 is 1.05 bits per heavy atom. The predicted molar refractivity (Wildman–Crippen MR) is 153 cm³/mol. The summed E-state index contributed by atoms with van der Waals surface area (Å²) < 4.78 is 7.53. The maximum absolute atomic E-state index is 7.95. The van der Waals surface area contributed by atoms with Gasteiger partial charge in [-0.15, -0.1) is 9.24 Å². The first-order valence-corrected chi connectivity index (χ1v) is 12.7. The molecule has 0 spiro atoms. The molecule has 1 saturated heterocycles. The van der Waals surface area contributed by atoms with Gasteiger partial charge in [0.15, 0.2) is 0 Å². The maximum atomic E-state index is 7.95. The molecule has 3 aromatic carbocycles. The second kappa shape index (κ2) is 10.1. The molecule has 6 rings (SSSR count). The Morgan fingerprint density at radius 3 is 2.81 bits per heavy atom. The van der Waals surface area contributed by atoms with Crippen molar-refractivity contribution in [3.63, 3.8) is 0 Å². The number of ether oxygens (including phenoxy) is 1. The molecular weight excluding hydrogens is 479 g/mol. The average molecular weight is 507 g/mol. The van der Waals surface area contributed by atoms with E-state index >= 15 is 0 Å². The third-order valence-corrected chi connectivity index (χ3v) is 6.80. The SMILES string of the molecule is N=Cc1cc(Nc2ncnc3ccc(-c4ccn(CC5CO5)c4)cc23)ccc1NCc1cccc(P)c1. The minimum absolute atomic E-state index is 0.343. The van der Waals surface area contributed by atoms with E-state index < -0.39 is 0 Å². The minimum atomic E-state index is 0.343. The average Bonchev–Trinajstić information content (AvgIpc) is 3.61. The van der Waals surface area contributed by atoms with Crippen molar-refractivity contribution >= 4 is 48.9 Å². The fourth-order valence-corrected chi connectivity index (χ4v) is 4.75. The van der Waals surface area contributed by atoms with E-state index in [2.05, 4.69) is 83.2 Å². The van der Waals surface area contributed by atoms with Crippen LogP contribution in [0.15, 0.2) is 85.5 Å². The van der Waals surface area contributed by atoms with Crippen molar-refractivity contribution in [1.82, 2.24) is 14.5 Å². The standard InChI is InChI=1S/C29H27N6OP/c30-13-22-11-23(5-7-27(22)31-14-19-2-1-3-25(37)10-19)34-29-26-12-20(4-6-28(26)32-18-33-29)21-8-9-35(15-21)16-24-17-36-24/h1-13,15,18,24,30-31H,14,16-17,37H2,(H,32,33,34). The third kappa shape index (κ3) is 5.38. The largest absolute Gasteiger partial charge is 0.380 e. The van der Waals surface area contributed by atoms with Crippen molar-refractivity contribution in [1.29, 1.82) is 5.41 Å². The van der Waals surface area contributed by atoms with Crippen LogP contribution in [0.1, 0.15) is 11.1 Å². The van der Waals surface area contributed by atoms with E-state index in [4.69, 9.17) is 10.1 Å². The molecule has 0 radical (unpaired) electrons. The number of hydrogen-bond donors (Lipinski definition) is 3. The molecule has 2 atom stereocenters. The van der Waals surface area contributed by atoms with Crippen LogP contribution in [0.2, 0.25) is 0 Å². The van der Waals surface area contributed by atoms with Gasteiger partial charge in [0.2, 0.25) is 0 Å². The second-order valence-electron chi connectivity index (χ2n) is 9.18. The smallest absolute Gasteiger partial charge is 0.141 e. The van der Waals surface area contributed by atoms with E-state index in [-0.39, 0.29) is 0 Å². The first-order chi connectivity index (χ1) is 18.1. The Bertz CT molecular complexity index is 1590. The number of anilines is 3. The Balaban J connectivity index is 1.24. The van der Waals surface area contributed by atoms with Crippen molar-refractivity contribution in [2.24, 2.45) is 0 Å². The second-order valence-corrected chi connectivity index (χ2v) is 9.84. The maximum Gasteiger partial charge on any atom is 0.141 e. The summed E-state index contributed by atoms with van der Waals surface area (Å²) in [4.78, 5) is 8.99. The molecule has 0 bridgehead atoms. The summed E-state index contributed by atoms with van der Waals surface area (Å²) in [6.07, 6.45) is 7.53. The first-order valence-electron chi connectivity index (χ1n) is 12.2. The molecule has 3 heterocycles. The molecule has 2 unspecified atom stereocenters. The summed E-state index contributed by atoms with van der Waals surface area (Å²) in [6, 6.07) is 22.6. The van der Waals surface area contributed by atoms with Crippen LogP contribution in [0.5, 0.6) is 0 Å². The van der Waals surface area contributed by atoms with E-state index in [0.29, 0.717) is 12.6 Å². The van der Waals surface area contributed by atoms with E-state index in [1.54, 1.807) is 6.33 Å². The zero-order valence-corrected chi connectivity index (χ0v) is 21.3. The molecule has 37 heavy (non-hydrogen) atoms. The molecule has 2 aromatic heterocycles. The fraction of sp³-hybridized carbons (Fsp3) is 0.138. The van der Waals surface area contributed by atoms with Gasteiger partial charge >= 0.3 is 0 Å². The van der Waals surface area contributed by atoms with Gasteiger partial charge in [0.25, 0.3) is 0 Å². The van der Waals surface area contributed by atoms with Gasteiger partial charge in [-0.2, -0.15) is 0 Å². The normalized spacial score (nSPS) is 14.5. The van der Waals surface area contributed by atoms with Crippen LogP contribution in [0.3, 0.4) is 0 Å². The van der Waals surface area contributed by atoms with E-state index in [0.717, 1.165) is 63.2 Å². The number of epoxide rings is 1. The lowest BCUT2D eigenvalue weighted by Gasteiger charge is -2.14. The summed E-state index contributed by atoms with van der Waals surface area (Å²) in [5, 5.41) is 16.9. The highest BCUT2D eigenvalue weighted by Gasteiger charge is 2.22. The molecule has 3 N–H and O–H groups in total. The van der Waals surface area contributed by atoms with E-state index in [1.807, 2.05) is 30.3 Å². The van der Waals surface area contributed by atoms with Gasteiger partial charge in [0.05, 0.1) is 24.8 Å². The summed E-state index contributed by atoms with van der Waals surface area (Å²) in [7, 11) is 2.72. The molecule has 1 aliphatic rings. The number of rotatable bonds is 9. The van der Waals surface area contributed by atoms with Crippen LogP contribution in [-0.4, -0.2) is 33.5 Å². The number of benzene rings is 3. The van der Waals surface area contributed by atoms with Crippen LogP contribution in [-0.2, 0) is 17.8 Å². The van der Waals surface area contributed by atoms with Gasteiger partial charge in [0, 0.05) is 47.5 Å². The van der Waals surface area contributed by atoms with Gasteiger partial charge in [-0.05, 0) is 58.4 Å².